The summed E-state index contributed by atoms with van der Waals surface area (Å²) in [5.41, 5.74) is 3.18. The second kappa shape index (κ2) is 8.89. The van der Waals surface area contributed by atoms with Crippen LogP contribution in [0.1, 0.15) is 66.4 Å². The molecule has 0 aromatic heterocycles. The van der Waals surface area contributed by atoms with Crippen molar-refractivity contribution in [2.45, 2.75) is 77.4 Å². The smallest absolute Gasteiger partial charge is 0.258 e. The van der Waals surface area contributed by atoms with E-state index in [4.69, 9.17) is 4.43 Å². The minimum absolute atomic E-state index is 0.502. The minimum atomic E-state index is -1.82. The molecule has 2 rings (SSSR count). The van der Waals surface area contributed by atoms with E-state index in [1.807, 2.05) is 0 Å². The summed E-state index contributed by atoms with van der Waals surface area (Å²) < 4.78 is 6.91. The van der Waals surface area contributed by atoms with Crippen LogP contribution in [0.4, 0.5) is 0 Å². The third kappa shape index (κ3) is 4.88. The Bertz CT molecular complexity index is 562. The highest BCUT2D eigenvalue weighted by atomic mass is 28.4. The first-order chi connectivity index (χ1) is 11.9. The topological polar surface area (TPSA) is 9.23 Å². The Morgan fingerprint density at radius 1 is 0.960 bits per heavy atom. The van der Waals surface area contributed by atoms with Gasteiger partial charge in [0.25, 0.3) is 8.32 Å². The molecule has 1 aromatic carbocycles. The van der Waals surface area contributed by atoms with Crippen molar-refractivity contribution >= 4 is 14.4 Å². The van der Waals surface area contributed by atoms with Gasteiger partial charge in [-0.05, 0) is 47.0 Å². The van der Waals surface area contributed by atoms with E-state index in [1.54, 1.807) is 0 Å². The zero-order valence-corrected chi connectivity index (χ0v) is 18.0. The molecule has 1 nitrogen and oxygen atoms in total. The molecule has 1 aliphatic carbocycles. The maximum absolute atomic E-state index is 6.91. The fourth-order valence-corrected chi connectivity index (χ4v) is 9.87. The highest BCUT2D eigenvalue weighted by Crippen LogP contribution is 2.44. The van der Waals surface area contributed by atoms with Crippen LogP contribution in [0.2, 0.25) is 16.6 Å². The lowest BCUT2D eigenvalue weighted by Gasteiger charge is -2.43. The van der Waals surface area contributed by atoms with E-state index >= 15 is 0 Å². The molecule has 0 aliphatic heterocycles. The predicted molar refractivity (Wildman–Crippen MR) is 113 cm³/mol. The van der Waals surface area contributed by atoms with Gasteiger partial charge in [0.2, 0.25) is 0 Å². The SMILES string of the molecule is CC(C)[Si](OC1=CC(/C=C/c2ccccc2)CCC1)(C(C)C)C(C)C. The van der Waals surface area contributed by atoms with E-state index in [9.17, 15) is 0 Å². The molecule has 0 saturated carbocycles. The molecule has 0 N–H and O–H groups in total. The van der Waals surface area contributed by atoms with E-state index in [2.05, 4.69) is 90.1 Å². The lowest BCUT2D eigenvalue weighted by molar-refractivity contribution is 0.333. The lowest BCUT2D eigenvalue weighted by atomic mass is 9.94. The summed E-state index contributed by atoms with van der Waals surface area (Å²) in [7, 11) is -1.82. The van der Waals surface area contributed by atoms with Gasteiger partial charge in [0.15, 0.2) is 0 Å². The molecule has 0 fully saturated rings. The van der Waals surface area contributed by atoms with Crippen molar-refractivity contribution in [1.29, 1.82) is 0 Å². The molecule has 138 valence electrons. The molecule has 0 bridgehead atoms. The van der Waals surface area contributed by atoms with Gasteiger partial charge in [0.05, 0.1) is 5.76 Å². The van der Waals surface area contributed by atoms with E-state index in [0.29, 0.717) is 22.5 Å². The summed E-state index contributed by atoms with van der Waals surface area (Å²) in [6.07, 6.45) is 10.6. The predicted octanol–water partition coefficient (Wildman–Crippen LogP) is 7.58. The van der Waals surface area contributed by atoms with Gasteiger partial charge in [-0.3, -0.25) is 0 Å². The summed E-state index contributed by atoms with van der Waals surface area (Å²) >= 11 is 0. The summed E-state index contributed by atoms with van der Waals surface area (Å²) in [5.74, 6) is 1.76. The van der Waals surface area contributed by atoms with Crippen LogP contribution in [0.25, 0.3) is 6.08 Å². The lowest BCUT2D eigenvalue weighted by Crippen LogP contribution is -2.47. The molecular formula is C23H36OSi. The molecule has 1 atom stereocenters. The minimum Gasteiger partial charge on any atom is -0.546 e. The van der Waals surface area contributed by atoms with Crippen LogP contribution in [-0.4, -0.2) is 8.32 Å². The fourth-order valence-electron chi connectivity index (χ4n) is 4.53. The summed E-state index contributed by atoms with van der Waals surface area (Å²) in [6, 6.07) is 10.6. The van der Waals surface area contributed by atoms with E-state index in [-0.39, 0.29) is 0 Å². The van der Waals surface area contributed by atoms with Crippen LogP contribution >= 0.6 is 0 Å². The van der Waals surface area contributed by atoms with Gasteiger partial charge in [0.1, 0.15) is 0 Å². The summed E-state index contributed by atoms with van der Waals surface area (Å²) in [4.78, 5) is 0. The first-order valence-electron chi connectivity index (χ1n) is 9.99. The van der Waals surface area contributed by atoms with E-state index in [1.165, 1.54) is 24.2 Å². The zero-order valence-electron chi connectivity index (χ0n) is 17.0. The zero-order chi connectivity index (χ0) is 18.4. The molecule has 0 spiro atoms. The normalized spacial score (nSPS) is 19.1. The second-order valence-electron chi connectivity index (χ2n) is 8.38. The number of rotatable bonds is 7. The number of hydrogen-bond acceptors (Lipinski definition) is 1. The maximum Gasteiger partial charge on any atom is 0.258 e. The molecule has 0 amide bonds. The largest absolute Gasteiger partial charge is 0.546 e. The third-order valence-corrected chi connectivity index (χ3v) is 11.7. The van der Waals surface area contributed by atoms with Gasteiger partial charge in [-0.1, -0.05) is 84.0 Å². The standard InChI is InChI=1S/C23H36OSi/c1-18(2)25(19(3)4,20(5)6)24-23-14-10-13-22(17-23)16-15-21-11-8-7-9-12-21/h7-9,11-12,15-20,22H,10,13-14H2,1-6H3/b16-15+. The molecule has 1 unspecified atom stereocenters. The van der Waals surface area contributed by atoms with Crippen LogP contribution in [-0.2, 0) is 4.43 Å². The van der Waals surface area contributed by atoms with Gasteiger partial charge in [-0.15, -0.1) is 0 Å². The quantitative estimate of drug-likeness (QED) is 0.457. The Morgan fingerprint density at radius 2 is 1.56 bits per heavy atom. The number of benzene rings is 1. The van der Waals surface area contributed by atoms with Crippen molar-refractivity contribution < 1.29 is 4.43 Å². The average Bonchev–Trinajstić information content (AvgIpc) is 2.58. The van der Waals surface area contributed by atoms with Crippen LogP contribution < -0.4 is 0 Å². The molecule has 25 heavy (non-hydrogen) atoms. The molecular weight excluding hydrogens is 320 g/mol. The first-order valence-corrected chi connectivity index (χ1v) is 12.1. The Labute approximate surface area is 156 Å². The maximum atomic E-state index is 6.91. The van der Waals surface area contributed by atoms with E-state index < -0.39 is 8.32 Å². The van der Waals surface area contributed by atoms with Crippen molar-refractivity contribution in [2.24, 2.45) is 5.92 Å². The van der Waals surface area contributed by atoms with Crippen LogP contribution in [0.15, 0.2) is 48.2 Å². The van der Waals surface area contributed by atoms with Gasteiger partial charge in [-0.2, -0.15) is 0 Å². The van der Waals surface area contributed by atoms with Gasteiger partial charge < -0.3 is 4.43 Å². The van der Waals surface area contributed by atoms with Gasteiger partial charge in [0, 0.05) is 6.42 Å². The number of hydrogen-bond donors (Lipinski definition) is 0. The Hall–Kier alpha value is -1.28. The highest BCUT2D eigenvalue weighted by molar-refractivity contribution is 6.77. The summed E-state index contributed by atoms with van der Waals surface area (Å²) in [6.45, 7) is 14.2. The summed E-state index contributed by atoms with van der Waals surface area (Å²) in [5, 5.41) is 0. The Kier molecular flexibility index (Phi) is 7.12. The molecule has 1 aliphatic rings. The molecule has 0 heterocycles. The molecule has 0 radical (unpaired) electrons. The van der Waals surface area contributed by atoms with Crippen molar-refractivity contribution in [2.75, 3.05) is 0 Å². The number of allylic oxidation sites excluding steroid dienone is 3. The molecule has 1 aromatic rings. The average molecular weight is 357 g/mol. The van der Waals surface area contributed by atoms with Gasteiger partial charge >= 0.3 is 0 Å². The molecule has 2 heteroatoms. The van der Waals surface area contributed by atoms with Crippen molar-refractivity contribution in [3.63, 3.8) is 0 Å². The fraction of sp³-hybridized carbons (Fsp3) is 0.565. The monoisotopic (exact) mass is 356 g/mol. The molecule has 0 saturated heterocycles. The van der Waals surface area contributed by atoms with Crippen molar-refractivity contribution in [1.82, 2.24) is 0 Å². The van der Waals surface area contributed by atoms with Crippen molar-refractivity contribution in [3.05, 3.63) is 53.8 Å². The first kappa shape index (κ1) is 20.0. The van der Waals surface area contributed by atoms with Crippen LogP contribution in [0.5, 0.6) is 0 Å². The Morgan fingerprint density at radius 3 is 2.12 bits per heavy atom. The van der Waals surface area contributed by atoms with Crippen LogP contribution in [0.3, 0.4) is 0 Å². The van der Waals surface area contributed by atoms with E-state index in [0.717, 1.165) is 6.42 Å². The second-order valence-corrected chi connectivity index (χ2v) is 13.8. The third-order valence-electron chi connectivity index (χ3n) is 5.71. The van der Waals surface area contributed by atoms with Crippen molar-refractivity contribution in [3.8, 4) is 0 Å². The Balaban J connectivity index is 2.17. The highest BCUT2D eigenvalue weighted by Gasteiger charge is 2.47. The van der Waals surface area contributed by atoms with Gasteiger partial charge in [-0.25, -0.2) is 0 Å². The van der Waals surface area contributed by atoms with Crippen LogP contribution in [0, 0.1) is 5.92 Å².